The molecule has 0 bridgehead atoms. The van der Waals surface area contributed by atoms with Gasteiger partial charge in [-0.1, -0.05) is 26.7 Å². The number of nitrogens with one attached hydrogen (secondary N) is 1. The highest BCUT2D eigenvalue weighted by molar-refractivity contribution is 6.05. The van der Waals surface area contributed by atoms with Crippen LogP contribution < -0.4 is 5.32 Å². The number of amides is 2. The third-order valence-electron chi connectivity index (χ3n) is 4.61. The molecule has 2 unspecified atom stereocenters. The van der Waals surface area contributed by atoms with Gasteiger partial charge < -0.3 is 5.32 Å². The van der Waals surface area contributed by atoms with Crippen molar-refractivity contribution in [1.82, 2.24) is 10.2 Å². The fraction of sp³-hybridized carbons (Fsp3) is 0.867. The van der Waals surface area contributed by atoms with E-state index in [1.54, 1.807) is 0 Å². The minimum absolute atomic E-state index is 0.0360. The van der Waals surface area contributed by atoms with Gasteiger partial charge in [0.2, 0.25) is 11.8 Å². The highest BCUT2D eigenvalue weighted by Crippen LogP contribution is 2.36. The largest absolute Gasteiger partial charge is 0.302 e. The summed E-state index contributed by atoms with van der Waals surface area (Å²) in [5.74, 6) is -0.0764. The molecule has 0 aromatic carbocycles. The number of nitrogens with zero attached hydrogens (tertiary/aromatic N) is 1. The van der Waals surface area contributed by atoms with E-state index >= 15 is 0 Å². The lowest BCUT2D eigenvalue weighted by molar-refractivity contribution is -0.140. The Kier molecular flexibility index (Phi) is 4.00. The van der Waals surface area contributed by atoms with Crippen molar-refractivity contribution in [3.05, 3.63) is 0 Å². The smallest absolute Gasteiger partial charge is 0.247 e. The molecule has 4 nitrogen and oxygen atoms in total. The fourth-order valence-corrected chi connectivity index (χ4v) is 3.37. The van der Waals surface area contributed by atoms with Gasteiger partial charge in [0.25, 0.3) is 0 Å². The van der Waals surface area contributed by atoms with Gasteiger partial charge in [0, 0.05) is 12.1 Å². The molecule has 0 radical (unpaired) electrons. The molecule has 19 heavy (non-hydrogen) atoms. The van der Waals surface area contributed by atoms with Crippen LogP contribution in [-0.2, 0) is 9.59 Å². The molecule has 2 atom stereocenters. The summed E-state index contributed by atoms with van der Waals surface area (Å²) < 4.78 is 0. The second-order valence-corrected chi connectivity index (χ2v) is 6.91. The molecule has 2 aliphatic rings. The van der Waals surface area contributed by atoms with Crippen LogP contribution in [0.1, 0.15) is 59.8 Å². The van der Waals surface area contributed by atoms with E-state index in [0.717, 1.165) is 6.42 Å². The van der Waals surface area contributed by atoms with Gasteiger partial charge in [-0.2, -0.15) is 0 Å². The van der Waals surface area contributed by atoms with Crippen molar-refractivity contribution in [2.75, 3.05) is 0 Å². The Morgan fingerprint density at radius 3 is 2.47 bits per heavy atom. The quantitative estimate of drug-likeness (QED) is 0.796. The number of hydrogen-bond acceptors (Lipinski definition) is 3. The Morgan fingerprint density at radius 2 is 1.95 bits per heavy atom. The first kappa shape index (κ1) is 14.5. The van der Waals surface area contributed by atoms with Crippen LogP contribution in [0.4, 0.5) is 0 Å². The highest BCUT2D eigenvalue weighted by Gasteiger charge is 2.43. The van der Waals surface area contributed by atoms with Gasteiger partial charge in [0.15, 0.2) is 0 Å². The molecule has 2 rings (SSSR count). The van der Waals surface area contributed by atoms with Crippen molar-refractivity contribution in [3.8, 4) is 0 Å². The van der Waals surface area contributed by atoms with Gasteiger partial charge in [-0.25, -0.2) is 0 Å². The second kappa shape index (κ2) is 5.23. The number of likely N-dealkylation sites (tertiary alicyclic amines) is 1. The lowest BCUT2D eigenvalue weighted by Gasteiger charge is -2.40. The Labute approximate surface area is 115 Å². The zero-order valence-corrected chi connectivity index (χ0v) is 12.5. The van der Waals surface area contributed by atoms with Crippen molar-refractivity contribution < 1.29 is 9.59 Å². The van der Waals surface area contributed by atoms with Crippen molar-refractivity contribution in [3.63, 3.8) is 0 Å². The summed E-state index contributed by atoms with van der Waals surface area (Å²) in [6.45, 7) is 8.29. The molecule has 1 aliphatic carbocycles. The summed E-state index contributed by atoms with van der Waals surface area (Å²) in [4.78, 5) is 25.6. The normalized spacial score (nSPS) is 31.3. The first-order valence-corrected chi connectivity index (χ1v) is 7.45. The monoisotopic (exact) mass is 266 g/mol. The molecule has 1 saturated heterocycles. The first-order chi connectivity index (χ1) is 8.83. The molecule has 1 N–H and O–H groups in total. The number of carbonyl (C=O) groups is 2. The first-order valence-electron chi connectivity index (χ1n) is 7.45. The van der Waals surface area contributed by atoms with Crippen LogP contribution in [0.3, 0.4) is 0 Å². The Bertz CT molecular complexity index is 376. The molecule has 0 aromatic rings. The third kappa shape index (κ3) is 2.83. The fourth-order valence-electron chi connectivity index (χ4n) is 3.37. The minimum Gasteiger partial charge on any atom is -0.302 e. The average molecular weight is 266 g/mol. The highest BCUT2D eigenvalue weighted by atomic mass is 16.2. The minimum atomic E-state index is -0.308. The molecular formula is C15H26N2O2. The van der Waals surface area contributed by atoms with Gasteiger partial charge in [-0.05, 0) is 32.1 Å². The van der Waals surface area contributed by atoms with E-state index in [0.29, 0.717) is 12.5 Å². The maximum atomic E-state index is 12.3. The Hall–Kier alpha value is -0.900. The molecule has 2 fully saturated rings. The van der Waals surface area contributed by atoms with Crippen molar-refractivity contribution >= 4 is 11.8 Å². The van der Waals surface area contributed by atoms with Gasteiger partial charge in [-0.15, -0.1) is 0 Å². The zero-order chi connectivity index (χ0) is 14.2. The second-order valence-electron chi connectivity index (χ2n) is 6.91. The van der Waals surface area contributed by atoms with E-state index in [9.17, 15) is 9.59 Å². The summed E-state index contributed by atoms with van der Waals surface area (Å²) in [5.41, 5.74) is 0.215. The van der Waals surface area contributed by atoms with E-state index in [2.05, 4.69) is 19.2 Å². The van der Waals surface area contributed by atoms with Crippen LogP contribution in [0, 0.1) is 5.41 Å². The maximum absolute atomic E-state index is 12.3. The Balaban J connectivity index is 2.04. The number of hydrogen-bond donors (Lipinski definition) is 1. The van der Waals surface area contributed by atoms with Crippen LogP contribution in [0.2, 0.25) is 0 Å². The number of carbonyl (C=O) groups excluding carboxylic acids is 2. The SMILES string of the molecule is CC(C)N1C(=O)CC(NC2CCCCC2(C)C)C1=O. The molecule has 1 saturated carbocycles. The van der Waals surface area contributed by atoms with Crippen molar-refractivity contribution in [2.24, 2.45) is 5.41 Å². The van der Waals surface area contributed by atoms with E-state index in [4.69, 9.17) is 0 Å². The summed E-state index contributed by atoms with van der Waals surface area (Å²) in [7, 11) is 0. The molecule has 0 aromatic heterocycles. The Morgan fingerprint density at radius 1 is 1.26 bits per heavy atom. The molecule has 0 spiro atoms. The van der Waals surface area contributed by atoms with E-state index in [1.807, 2.05) is 13.8 Å². The van der Waals surface area contributed by atoms with Crippen LogP contribution in [0.15, 0.2) is 0 Å². The van der Waals surface area contributed by atoms with Gasteiger partial charge in [0.05, 0.1) is 12.5 Å². The predicted molar refractivity (Wildman–Crippen MR) is 74.6 cm³/mol. The van der Waals surface area contributed by atoms with E-state index in [1.165, 1.54) is 24.2 Å². The number of rotatable bonds is 3. The predicted octanol–water partition coefficient (Wildman–Crippen LogP) is 2.08. The summed E-state index contributed by atoms with van der Waals surface area (Å²) in [6, 6.07) is -0.00134. The topological polar surface area (TPSA) is 49.4 Å². The van der Waals surface area contributed by atoms with E-state index < -0.39 is 0 Å². The summed E-state index contributed by atoms with van der Waals surface area (Å²) in [5, 5.41) is 3.46. The van der Waals surface area contributed by atoms with Gasteiger partial charge >= 0.3 is 0 Å². The van der Waals surface area contributed by atoms with Crippen LogP contribution in [0.25, 0.3) is 0 Å². The summed E-state index contributed by atoms with van der Waals surface area (Å²) in [6.07, 6.45) is 5.09. The van der Waals surface area contributed by atoms with Gasteiger partial charge in [-0.3, -0.25) is 14.5 Å². The molecule has 4 heteroatoms. The van der Waals surface area contributed by atoms with Crippen LogP contribution in [-0.4, -0.2) is 34.8 Å². The molecule has 1 aliphatic heterocycles. The van der Waals surface area contributed by atoms with Crippen molar-refractivity contribution in [2.45, 2.75) is 77.9 Å². The van der Waals surface area contributed by atoms with Gasteiger partial charge in [0.1, 0.15) is 0 Å². The van der Waals surface area contributed by atoms with Crippen molar-refractivity contribution in [1.29, 1.82) is 0 Å². The third-order valence-corrected chi connectivity index (χ3v) is 4.61. The summed E-state index contributed by atoms with van der Waals surface area (Å²) >= 11 is 0. The van der Waals surface area contributed by atoms with Crippen LogP contribution >= 0.6 is 0 Å². The lowest BCUT2D eigenvalue weighted by atomic mass is 9.73. The van der Waals surface area contributed by atoms with E-state index in [-0.39, 0.29) is 29.3 Å². The lowest BCUT2D eigenvalue weighted by Crippen LogP contribution is -2.51. The van der Waals surface area contributed by atoms with Crippen LogP contribution in [0.5, 0.6) is 0 Å². The number of imide groups is 1. The molecule has 1 heterocycles. The molecule has 108 valence electrons. The maximum Gasteiger partial charge on any atom is 0.247 e. The standard InChI is InChI=1S/C15H26N2O2/c1-10(2)17-13(18)9-11(14(17)19)16-12-7-5-6-8-15(12,3)4/h10-12,16H,5-9H2,1-4H3. The molecule has 2 amide bonds. The molecular weight excluding hydrogens is 240 g/mol. The zero-order valence-electron chi connectivity index (χ0n) is 12.5. The average Bonchev–Trinajstić information content (AvgIpc) is 2.57.